The van der Waals surface area contributed by atoms with E-state index in [4.69, 9.17) is 4.98 Å². The Morgan fingerprint density at radius 2 is 1.94 bits per heavy atom. The summed E-state index contributed by atoms with van der Waals surface area (Å²) in [5, 5.41) is 0. The summed E-state index contributed by atoms with van der Waals surface area (Å²) in [5.74, 6) is 0.592. The van der Waals surface area contributed by atoms with Crippen molar-refractivity contribution in [3.8, 4) is 0 Å². The van der Waals surface area contributed by atoms with Crippen LogP contribution in [-0.2, 0) is 12.0 Å². The Morgan fingerprint density at radius 3 is 2.47 bits per heavy atom. The third-order valence-corrected chi connectivity index (χ3v) is 3.88. The van der Waals surface area contributed by atoms with Crippen LogP contribution in [0, 0.1) is 5.92 Å². The van der Waals surface area contributed by atoms with Gasteiger partial charge in [-0.25, -0.2) is 0 Å². The molecule has 0 N–H and O–H groups in total. The fraction of sp³-hybridized carbons (Fsp3) is 0.667. The van der Waals surface area contributed by atoms with Gasteiger partial charge in [0, 0.05) is 17.7 Å². The molecule has 0 spiro atoms. The average Bonchev–Trinajstić information content (AvgIpc) is 2.29. The summed E-state index contributed by atoms with van der Waals surface area (Å²) in [6.07, 6.45) is 0. The Hall–Kier alpha value is -0.890. The first-order valence-electron chi connectivity index (χ1n) is 6.52. The lowest BCUT2D eigenvalue weighted by Gasteiger charge is -2.29. The molecular weight excluding hydrogens is 208 g/mol. The van der Waals surface area contributed by atoms with E-state index >= 15 is 0 Å². The maximum absolute atomic E-state index is 4.81. The summed E-state index contributed by atoms with van der Waals surface area (Å²) in [7, 11) is 2.13. The molecule has 0 atom stereocenters. The van der Waals surface area contributed by atoms with Gasteiger partial charge in [0.1, 0.15) is 0 Å². The van der Waals surface area contributed by atoms with Gasteiger partial charge in [-0.1, -0.05) is 40.7 Å². The fourth-order valence-electron chi connectivity index (χ4n) is 1.61. The normalized spacial score (nSPS) is 12.5. The van der Waals surface area contributed by atoms with Crippen molar-refractivity contribution in [2.75, 3.05) is 13.6 Å². The molecule has 0 radical (unpaired) electrons. The smallest absolute Gasteiger partial charge is 0.0547 e. The minimum absolute atomic E-state index is 0.140. The minimum atomic E-state index is 0.140. The number of hydrogen-bond acceptors (Lipinski definition) is 2. The summed E-state index contributed by atoms with van der Waals surface area (Å²) in [4.78, 5) is 7.08. The molecule has 0 aliphatic carbocycles. The van der Waals surface area contributed by atoms with Crippen molar-refractivity contribution in [1.29, 1.82) is 0 Å². The molecule has 0 saturated heterocycles. The molecule has 1 aromatic rings. The molecule has 0 aliphatic rings. The maximum Gasteiger partial charge on any atom is 0.0547 e. The lowest BCUT2D eigenvalue weighted by atomic mass is 9.78. The van der Waals surface area contributed by atoms with Crippen molar-refractivity contribution in [3.05, 3.63) is 29.6 Å². The molecule has 0 aliphatic heterocycles. The first kappa shape index (κ1) is 14.2. The number of hydrogen-bond donors (Lipinski definition) is 0. The molecule has 0 unspecified atom stereocenters. The minimum Gasteiger partial charge on any atom is -0.301 e. The van der Waals surface area contributed by atoms with Crippen LogP contribution in [0.5, 0.6) is 0 Å². The van der Waals surface area contributed by atoms with Crippen molar-refractivity contribution >= 4 is 0 Å². The molecule has 0 amide bonds. The zero-order valence-electron chi connectivity index (χ0n) is 12.1. The number of rotatable bonds is 5. The van der Waals surface area contributed by atoms with Gasteiger partial charge in [-0.2, -0.15) is 0 Å². The monoisotopic (exact) mass is 234 g/mol. The summed E-state index contributed by atoms with van der Waals surface area (Å²) in [6.45, 7) is 13.2. The molecule has 96 valence electrons. The Labute approximate surface area is 106 Å². The molecule has 1 rings (SSSR count). The lowest BCUT2D eigenvalue weighted by Crippen LogP contribution is -2.26. The molecular formula is C15H26N2. The fourth-order valence-corrected chi connectivity index (χ4v) is 1.61. The van der Waals surface area contributed by atoms with Crippen LogP contribution >= 0.6 is 0 Å². The standard InChI is InChI=1S/C15H26N2/c1-7-17(6)11-13-9-8-10-14(16-13)15(4,5)12(2)3/h8-10,12H,7,11H2,1-6H3. The van der Waals surface area contributed by atoms with E-state index in [-0.39, 0.29) is 5.41 Å². The predicted octanol–water partition coefficient (Wildman–Crippen LogP) is 3.47. The van der Waals surface area contributed by atoms with Crippen LogP contribution in [0.4, 0.5) is 0 Å². The largest absolute Gasteiger partial charge is 0.301 e. The van der Waals surface area contributed by atoms with Crippen LogP contribution in [0.15, 0.2) is 18.2 Å². The van der Waals surface area contributed by atoms with E-state index in [0.717, 1.165) is 13.1 Å². The topological polar surface area (TPSA) is 16.1 Å². The van der Waals surface area contributed by atoms with Crippen molar-refractivity contribution in [3.63, 3.8) is 0 Å². The van der Waals surface area contributed by atoms with Gasteiger partial charge in [0.2, 0.25) is 0 Å². The van der Waals surface area contributed by atoms with Gasteiger partial charge >= 0.3 is 0 Å². The second-order valence-corrected chi connectivity index (χ2v) is 5.72. The SMILES string of the molecule is CCN(C)Cc1cccc(C(C)(C)C(C)C)n1. The van der Waals surface area contributed by atoms with E-state index < -0.39 is 0 Å². The first-order chi connectivity index (χ1) is 7.87. The van der Waals surface area contributed by atoms with E-state index in [2.05, 4.69) is 64.8 Å². The van der Waals surface area contributed by atoms with Crippen molar-refractivity contribution in [2.24, 2.45) is 5.92 Å². The molecule has 0 fully saturated rings. The zero-order valence-corrected chi connectivity index (χ0v) is 12.1. The average molecular weight is 234 g/mol. The highest BCUT2D eigenvalue weighted by Gasteiger charge is 2.26. The maximum atomic E-state index is 4.81. The van der Waals surface area contributed by atoms with Gasteiger partial charge in [0.25, 0.3) is 0 Å². The van der Waals surface area contributed by atoms with Gasteiger partial charge in [-0.3, -0.25) is 4.98 Å². The van der Waals surface area contributed by atoms with Crippen LogP contribution in [0.1, 0.15) is 46.0 Å². The highest BCUT2D eigenvalue weighted by molar-refractivity contribution is 5.19. The van der Waals surface area contributed by atoms with E-state index in [0.29, 0.717) is 5.92 Å². The molecule has 0 bridgehead atoms. The first-order valence-corrected chi connectivity index (χ1v) is 6.52. The van der Waals surface area contributed by atoms with Crippen molar-refractivity contribution in [2.45, 2.75) is 46.6 Å². The Balaban J connectivity index is 2.93. The van der Waals surface area contributed by atoms with E-state index in [1.165, 1.54) is 11.4 Å². The Kier molecular flexibility index (Phi) is 4.70. The number of nitrogens with zero attached hydrogens (tertiary/aromatic N) is 2. The summed E-state index contributed by atoms with van der Waals surface area (Å²) in [5.41, 5.74) is 2.51. The van der Waals surface area contributed by atoms with Gasteiger partial charge in [0.15, 0.2) is 0 Å². The lowest BCUT2D eigenvalue weighted by molar-refractivity contribution is 0.334. The second-order valence-electron chi connectivity index (χ2n) is 5.72. The van der Waals surface area contributed by atoms with Crippen molar-refractivity contribution < 1.29 is 0 Å². The molecule has 17 heavy (non-hydrogen) atoms. The number of aromatic nitrogens is 1. The predicted molar refractivity (Wildman–Crippen MR) is 74.1 cm³/mol. The van der Waals surface area contributed by atoms with Crippen LogP contribution in [0.2, 0.25) is 0 Å². The van der Waals surface area contributed by atoms with Crippen LogP contribution in [0.3, 0.4) is 0 Å². The Morgan fingerprint density at radius 1 is 1.29 bits per heavy atom. The van der Waals surface area contributed by atoms with E-state index in [9.17, 15) is 0 Å². The summed E-state index contributed by atoms with van der Waals surface area (Å²) < 4.78 is 0. The highest BCUT2D eigenvalue weighted by Crippen LogP contribution is 2.29. The second kappa shape index (κ2) is 5.63. The van der Waals surface area contributed by atoms with E-state index in [1.807, 2.05) is 0 Å². The Bertz CT molecular complexity index is 356. The molecule has 0 saturated carbocycles. The van der Waals surface area contributed by atoms with Gasteiger partial charge in [0.05, 0.1) is 5.69 Å². The molecule has 2 nitrogen and oxygen atoms in total. The highest BCUT2D eigenvalue weighted by atomic mass is 15.1. The van der Waals surface area contributed by atoms with Crippen LogP contribution < -0.4 is 0 Å². The quantitative estimate of drug-likeness (QED) is 0.775. The van der Waals surface area contributed by atoms with Crippen LogP contribution in [0.25, 0.3) is 0 Å². The van der Waals surface area contributed by atoms with E-state index in [1.54, 1.807) is 0 Å². The van der Waals surface area contributed by atoms with Gasteiger partial charge < -0.3 is 4.90 Å². The third kappa shape index (κ3) is 3.53. The summed E-state index contributed by atoms with van der Waals surface area (Å²) in [6, 6.07) is 6.40. The molecule has 2 heteroatoms. The molecule has 1 heterocycles. The van der Waals surface area contributed by atoms with Crippen LogP contribution in [-0.4, -0.2) is 23.5 Å². The zero-order chi connectivity index (χ0) is 13.1. The summed E-state index contributed by atoms with van der Waals surface area (Å²) >= 11 is 0. The van der Waals surface area contributed by atoms with Crippen molar-refractivity contribution in [1.82, 2.24) is 9.88 Å². The molecule has 0 aromatic carbocycles. The third-order valence-electron chi connectivity index (χ3n) is 3.88. The number of pyridine rings is 1. The molecule has 1 aromatic heterocycles. The van der Waals surface area contributed by atoms with Gasteiger partial charge in [-0.05, 0) is 31.6 Å². The van der Waals surface area contributed by atoms with Gasteiger partial charge in [-0.15, -0.1) is 0 Å².